The molecule has 126 valence electrons. The fraction of sp³-hybridized carbons (Fsp3) is 0.529. The van der Waals surface area contributed by atoms with Crippen LogP contribution in [-0.4, -0.2) is 43.6 Å². The van der Waals surface area contributed by atoms with Gasteiger partial charge < -0.3 is 20.1 Å². The molecular weight excluding hydrogens is 296 g/mol. The number of benzene rings is 1. The van der Waals surface area contributed by atoms with Gasteiger partial charge in [-0.25, -0.2) is 4.79 Å². The predicted octanol–water partition coefficient (Wildman–Crippen LogP) is 2.08. The molecule has 1 aromatic rings. The van der Waals surface area contributed by atoms with Gasteiger partial charge in [0, 0.05) is 13.1 Å². The number of hydrogen-bond acceptors (Lipinski definition) is 5. The molecule has 0 saturated carbocycles. The van der Waals surface area contributed by atoms with Crippen LogP contribution in [0.4, 0.5) is 5.69 Å². The van der Waals surface area contributed by atoms with Gasteiger partial charge in [-0.15, -0.1) is 0 Å². The van der Waals surface area contributed by atoms with Gasteiger partial charge in [-0.05, 0) is 37.0 Å². The van der Waals surface area contributed by atoms with Crippen molar-refractivity contribution in [3.8, 4) is 5.75 Å². The van der Waals surface area contributed by atoms with Crippen LogP contribution in [0.15, 0.2) is 18.2 Å². The Morgan fingerprint density at radius 3 is 2.65 bits per heavy atom. The Morgan fingerprint density at radius 1 is 1.30 bits per heavy atom. The van der Waals surface area contributed by atoms with E-state index in [4.69, 9.17) is 10.5 Å². The second-order valence-corrected chi connectivity index (χ2v) is 5.91. The van der Waals surface area contributed by atoms with Gasteiger partial charge in [0.05, 0.1) is 31.4 Å². The highest BCUT2D eigenvalue weighted by atomic mass is 16.5. The quantitative estimate of drug-likeness (QED) is 0.663. The minimum atomic E-state index is -0.451. The number of amides is 1. The summed E-state index contributed by atoms with van der Waals surface area (Å²) in [5.74, 6) is 0.733. The molecule has 1 fully saturated rings. The molecule has 0 spiro atoms. The van der Waals surface area contributed by atoms with Crippen molar-refractivity contribution in [2.75, 3.05) is 32.5 Å². The standard InChI is InChI=1S/C17H24N2O4/c1-12-5-8-19(9-6-12)16(20)7-10-23-15-11-13(17(21)22-2)3-4-14(15)18/h3-4,11-12H,5-10,18H2,1-2H3. The lowest BCUT2D eigenvalue weighted by Gasteiger charge is -2.30. The summed E-state index contributed by atoms with van der Waals surface area (Å²) in [7, 11) is 1.32. The molecule has 0 aliphatic carbocycles. The summed E-state index contributed by atoms with van der Waals surface area (Å²) < 4.78 is 10.2. The molecule has 0 aromatic heterocycles. The van der Waals surface area contributed by atoms with Gasteiger partial charge in [0.2, 0.25) is 5.91 Å². The van der Waals surface area contributed by atoms with E-state index in [1.807, 2.05) is 4.90 Å². The van der Waals surface area contributed by atoms with Gasteiger partial charge in [0.1, 0.15) is 5.75 Å². The number of rotatable bonds is 5. The number of nitrogens with zero attached hydrogens (tertiary/aromatic N) is 1. The zero-order valence-corrected chi connectivity index (χ0v) is 13.7. The fourth-order valence-corrected chi connectivity index (χ4v) is 2.57. The smallest absolute Gasteiger partial charge is 0.337 e. The zero-order valence-electron chi connectivity index (χ0n) is 13.7. The number of carbonyl (C=O) groups excluding carboxylic acids is 2. The normalized spacial score (nSPS) is 15.3. The summed E-state index contributed by atoms with van der Waals surface area (Å²) >= 11 is 0. The molecule has 1 heterocycles. The molecule has 1 aliphatic heterocycles. The lowest BCUT2D eigenvalue weighted by atomic mass is 9.99. The summed E-state index contributed by atoms with van der Waals surface area (Å²) in [6, 6.07) is 4.71. The van der Waals surface area contributed by atoms with Crippen molar-refractivity contribution in [2.24, 2.45) is 5.92 Å². The van der Waals surface area contributed by atoms with Gasteiger partial charge in [0.25, 0.3) is 0 Å². The molecule has 2 rings (SSSR count). The second kappa shape index (κ2) is 7.85. The van der Waals surface area contributed by atoms with Gasteiger partial charge in [-0.1, -0.05) is 6.92 Å². The van der Waals surface area contributed by atoms with Crippen molar-refractivity contribution >= 4 is 17.6 Å². The molecule has 1 amide bonds. The predicted molar refractivity (Wildman–Crippen MR) is 87.3 cm³/mol. The largest absolute Gasteiger partial charge is 0.491 e. The monoisotopic (exact) mass is 320 g/mol. The molecule has 23 heavy (non-hydrogen) atoms. The number of carbonyl (C=O) groups is 2. The van der Waals surface area contributed by atoms with Gasteiger partial charge in [-0.2, -0.15) is 0 Å². The molecular formula is C17H24N2O4. The number of likely N-dealkylation sites (tertiary alicyclic amines) is 1. The molecule has 0 atom stereocenters. The van der Waals surface area contributed by atoms with Crippen LogP contribution in [0, 0.1) is 5.92 Å². The van der Waals surface area contributed by atoms with Crippen LogP contribution in [0.25, 0.3) is 0 Å². The van der Waals surface area contributed by atoms with E-state index in [-0.39, 0.29) is 12.5 Å². The first-order valence-corrected chi connectivity index (χ1v) is 7.89. The van der Waals surface area contributed by atoms with Gasteiger partial charge in [-0.3, -0.25) is 4.79 Å². The van der Waals surface area contributed by atoms with Crippen molar-refractivity contribution in [2.45, 2.75) is 26.2 Å². The minimum Gasteiger partial charge on any atom is -0.491 e. The maximum absolute atomic E-state index is 12.1. The number of piperidine rings is 1. The summed E-state index contributed by atoms with van der Waals surface area (Å²) in [4.78, 5) is 25.5. The zero-order chi connectivity index (χ0) is 16.8. The van der Waals surface area contributed by atoms with E-state index in [0.717, 1.165) is 25.9 Å². The van der Waals surface area contributed by atoms with Crippen LogP contribution in [0.1, 0.15) is 36.5 Å². The maximum Gasteiger partial charge on any atom is 0.337 e. The van der Waals surface area contributed by atoms with Crippen molar-refractivity contribution in [1.82, 2.24) is 4.90 Å². The molecule has 0 radical (unpaired) electrons. The third-order valence-electron chi connectivity index (χ3n) is 4.14. The highest BCUT2D eigenvalue weighted by molar-refractivity contribution is 5.90. The number of hydrogen-bond donors (Lipinski definition) is 1. The van der Waals surface area contributed by atoms with E-state index in [1.165, 1.54) is 13.2 Å². The molecule has 1 aromatic carbocycles. The number of nitrogens with two attached hydrogens (primary N) is 1. The highest BCUT2D eigenvalue weighted by Crippen LogP contribution is 2.23. The molecule has 6 nitrogen and oxygen atoms in total. The summed E-state index contributed by atoms with van der Waals surface area (Å²) in [5, 5.41) is 0. The average molecular weight is 320 g/mol. The van der Waals surface area contributed by atoms with Gasteiger partial charge in [0.15, 0.2) is 0 Å². The number of nitrogen functional groups attached to an aromatic ring is 1. The third kappa shape index (κ3) is 4.61. The molecule has 1 saturated heterocycles. The van der Waals surface area contributed by atoms with E-state index in [1.54, 1.807) is 12.1 Å². The Hall–Kier alpha value is -2.24. The average Bonchev–Trinajstić information content (AvgIpc) is 2.56. The Morgan fingerprint density at radius 2 is 2.00 bits per heavy atom. The minimum absolute atomic E-state index is 0.0968. The molecule has 0 bridgehead atoms. The van der Waals surface area contributed by atoms with Crippen molar-refractivity contribution in [3.63, 3.8) is 0 Å². The first-order valence-electron chi connectivity index (χ1n) is 7.89. The van der Waals surface area contributed by atoms with E-state index >= 15 is 0 Å². The summed E-state index contributed by atoms with van der Waals surface area (Å²) in [6.07, 6.45) is 2.41. The van der Waals surface area contributed by atoms with E-state index < -0.39 is 5.97 Å². The highest BCUT2D eigenvalue weighted by Gasteiger charge is 2.20. The number of esters is 1. The van der Waals surface area contributed by atoms with Crippen LogP contribution < -0.4 is 10.5 Å². The summed E-state index contributed by atoms with van der Waals surface area (Å²) in [5.41, 5.74) is 6.63. The fourth-order valence-electron chi connectivity index (χ4n) is 2.57. The molecule has 1 aliphatic rings. The first kappa shape index (κ1) is 17.1. The molecule has 2 N–H and O–H groups in total. The van der Waals surface area contributed by atoms with Crippen molar-refractivity contribution in [3.05, 3.63) is 23.8 Å². The lowest BCUT2D eigenvalue weighted by Crippen LogP contribution is -2.38. The van der Waals surface area contributed by atoms with Crippen LogP contribution in [0.2, 0.25) is 0 Å². The molecule has 0 unspecified atom stereocenters. The van der Waals surface area contributed by atoms with E-state index in [0.29, 0.717) is 29.3 Å². The third-order valence-corrected chi connectivity index (χ3v) is 4.14. The van der Waals surface area contributed by atoms with Crippen molar-refractivity contribution < 1.29 is 19.1 Å². The Kier molecular flexibility index (Phi) is 5.84. The Bertz CT molecular complexity index is 566. The van der Waals surface area contributed by atoms with Crippen LogP contribution in [-0.2, 0) is 9.53 Å². The lowest BCUT2D eigenvalue weighted by molar-refractivity contribution is -0.133. The number of methoxy groups -OCH3 is 1. The maximum atomic E-state index is 12.1. The molecule has 6 heteroatoms. The SMILES string of the molecule is COC(=O)c1ccc(N)c(OCCC(=O)N2CCC(C)CC2)c1. The van der Waals surface area contributed by atoms with Crippen LogP contribution >= 0.6 is 0 Å². The summed E-state index contributed by atoms with van der Waals surface area (Å²) in [6.45, 7) is 4.08. The number of ether oxygens (including phenoxy) is 2. The van der Waals surface area contributed by atoms with Crippen molar-refractivity contribution in [1.29, 1.82) is 0 Å². The van der Waals surface area contributed by atoms with Gasteiger partial charge >= 0.3 is 5.97 Å². The van der Waals surface area contributed by atoms with E-state index in [9.17, 15) is 9.59 Å². The number of anilines is 1. The van der Waals surface area contributed by atoms with Crippen LogP contribution in [0.5, 0.6) is 5.75 Å². The second-order valence-electron chi connectivity index (χ2n) is 5.91. The Labute approximate surface area is 136 Å². The topological polar surface area (TPSA) is 81.9 Å². The first-order chi connectivity index (χ1) is 11.0. The van der Waals surface area contributed by atoms with Crippen LogP contribution in [0.3, 0.4) is 0 Å². The van der Waals surface area contributed by atoms with E-state index in [2.05, 4.69) is 11.7 Å². The Balaban J connectivity index is 1.86.